The summed E-state index contributed by atoms with van der Waals surface area (Å²) in [6.45, 7) is 0. The van der Waals surface area contributed by atoms with E-state index in [9.17, 15) is 13.2 Å². The van der Waals surface area contributed by atoms with Crippen LogP contribution in [0.4, 0.5) is 18.9 Å². The van der Waals surface area contributed by atoms with Gasteiger partial charge in [0.15, 0.2) is 0 Å². The molecule has 2 rings (SSSR count). The molecule has 0 aliphatic heterocycles. The van der Waals surface area contributed by atoms with E-state index < -0.39 is 11.7 Å². The smallest absolute Gasteiger partial charge is 0.399 e. The van der Waals surface area contributed by atoms with Gasteiger partial charge in [0.2, 0.25) is 0 Å². The molecule has 0 saturated carbocycles. The van der Waals surface area contributed by atoms with Crippen LogP contribution in [0.15, 0.2) is 30.5 Å². The first-order valence-corrected chi connectivity index (χ1v) is 4.45. The summed E-state index contributed by atoms with van der Waals surface area (Å²) in [5.74, 6) is 0. The molecule has 0 amide bonds. The summed E-state index contributed by atoms with van der Waals surface area (Å²) in [7, 11) is 0. The third-order valence-corrected chi connectivity index (χ3v) is 2.14. The number of nitrogen functional groups attached to an aromatic ring is 1. The molecule has 0 spiro atoms. The molecule has 0 bridgehead atoms. The molecular formula is C10H8F3N3. The molecule has 0 unspecified atom stereocenters. The van der Waals surface area contributed by atoms with Crippen molar-refractivity contribution in [2.24, 2.45) is 0 Å². The van der Waals surface area contributed by atoms with Gasteiger partial charge in [0, 0.05) is 11.3 Å². The average Bonchev–Trinajstić information content (AvgIpc) is 2.66. The fraction of sp³-hybridized carbons (Fsp3) is 0.100. The van der Waals surface area contributed by atoms with Crippen molar-refractivity contribution in [2.45, 2.75) is 6.18 Å². The number of nitrogens with one attached hydrogen (secondary N) is 1. The molecule has 1 aromatic carbocycles. The molecule has 0 aliphatic rings. The Labute approximate surface area is 89.1 Å². The molecule has 16 heavy (non-hydrogen) atoms. The number of H-pyrrole nitrogens is 1. The number of hydrogen-bond acceptors (Lipinski definition) is 2. The Morgan fingerprint density at radius 3 is 2.31 bits per heavy atom. The van der Waals surface area contributed by atoms with Crippen molar-refractivity contribution in [3.8, 4) is 11.3 Å². The zero-order chi connectivity index (χ0) is 11.8. The van der Waals surface area contributed by atoms with Gasteiger partial charge < -0.3 is 5.73 Å². The van der Waals surface area contributed by atoms with Gasteiger partial charge >= 0.3 is 6.18 Å². The minimum atomic E-state index is -4.41. The standard InChI is InChI=1S/C10H8F3N3/c11-10(12,13)8-5-15-16-9(8)6-1-3-7(14)4-2-6/h1-5H,14H2,(H,15,16). The van der Waals surface area contributed by atoms with Crippen LogP contribution in [0.2, 0.25) is 0 Å². The van der Waals surface area contributed by atoms with E-state index in [0.29, 0.717) is 11.3 Å². The van der Waals surface area contributed by atoms with Gasteiger partial charge in [-0.3, -0.25) is 5.10 Å². The minimum Gasteiger partial charge on any atom is -0.399 e. The maximum Gasteiger partial charge on any atom is 0.420 e. The van der Waals surface area contributed by atoms with Gasteiger partial charge in [-0.25, -0.2) is 0 Å². The molecule has 3 N–H and O–H groups in total. The second-order valence-corrected chi connectivity index (χ2v) is 3.28. The highest BCUT2D eigenvalue weighted by Gasteiger charge is 2.35. The molecule has 0 fully saturated rings. The monoisotopic (exact) mass is 227 g/mol. The average molecular weight is 227 g/mol. The normalized spacial score (nSPS) is 11.7. The SMILES string of the molecule is Nc1ccc(-c2[nH]ncc2C(F)(F)F)cc1. The topological polar surface area (TPSA) is 54.7 Å². The van der Waals surface area contributed by atoms with Crippen molar-refractivity contribution in [3.63, 3.8) is 0 Å². The third-order valence-electron chi connectivity index (χ3n) is 2.14. The maximum atomic E-state index is 12.6. The highest BCUT2D eigenvalue weighted by Crippen LogP contribution is 2.35. The zero-order valence-electron chi connectivity index (χ0n) is 8.05. The van der Waals surface area contributed by atoms with Crippen LogP contribution >= 0.6 is 0 Å². The number of alkyl halides is 3. The van der Waals surface area contributed by atoms with Crippen LogP contribution in [0, 0.1) is 0 Å². The van der Waals surface area contributed by atoms with Crippen molar-refractivity contribution < 1.29 is 13.2 Å². The zero-order valence-corrected chi connectivity index (χ0v) is 8.05. The van der Waals surface area contributed by atoms with E-state index >= 15 is 0 Å². The van der Waals surface area contributed by atoms with E-state index in [4.69, 9.17) is 5.73 Å². The first-order valence-electron chi connectivity index (χ1n) is 4.45. The van der Waals surface area contributed by atoms with E-state index in [0.717, 1.165) is 6.20 Å². The number of nitrogens with two attached hydrogens (primary N) is 1. The number of hydrogen-bond donors (Lipinski definition) is 2. The van der Waals surface area contributed by atoms with Crippen molar-refractivity contribution >= 4 is 5.69 Å². The molecule has 84 valence electrons. The molecule has 0 aliphatic carbocycles. The first-order chi connectivity index (χ1) is 7.48. The fourth-order valence-electron chi connectivity index (χ4n) is 1.37. The summed E-state index contributed by atoms with van der Waals surface area (Å²) < 4.78 is 37.7. The van der Waals surface area contributed by atoms with Gasteiger partial charge in [-0.2, -0.15) is 18.3 Å². The number of rotatable bonds is 1. The third kappa shape index (κ3) is 1.86. The molecule has 3 nitrogen and oxygen atoms in total. The molecule has 2 aromatic rings. The Hall–Kier alpha value is -1.98. The number of aromatic amines is 1. The lowest BCUT2D eigenvalue weighted by molar-refractivity contribution is -0.137. The molecule has 1 heterocycles. The summed E-state index contributed by atoms with van der Waals surface area (Å²) in [5, 5.41) is 5.75. The molecule has 6 heteroatoms. The second-order valence-electron chi connectivity index (χ2n) is 3.28. The quantitative estimate of drug-likeness (QED) is 0.736. The van der Waals surface area contributed by atoms with E-state index in [2.05, 4.69) is 10.2 Å². The number of nitrogens with zero attached hydrogens (tertiary/aromatic N) is 1. The summed E-state index contributed by atoms with van der Waals surface area (Å²) in [6.07, 6.45) is -3.64. The van der Waals surface area contributed by atoms with Gasteiger partial charge in [-0.1, -0.05) is 12.1 Å². The van der Waals surface area contributed by atoms with Crippen LogP contribution in [0.25, 0.3) is 11.3 Å². The molecule has 1 aromatic heterocycles. The summed E-state index contributed by atoms with van der Waals surface area (Å²) >= 11 is 0. The number of halogens is 3. The number of aromatic nitrogens is 2. The van der Waals surface area contributed by atoms with Crippen molar-refractivity contribution in [2.75, 3.05) is 5.73 Å². The summed E-state index contributed by atoms with van der Waals surface area (Å²) in [5.41, 5.74) is 5.53. The van der Waals surface area contributed by atoms with Gasteiger partial charge in [0.05, 0.1) is 11.9 Å². The minimum absolute atomic E-state index is 0.0486. The number of anilines is 1. The molecule has 0 radical (unpaired) electrons. The lowest BCUT2D eigenvalue weighted by Gasteiger charge is -2.06. The Balaban J connectivity index is 2.49. The molecule has 0 atom stereocenters. The van der Waals surface area contributed by atoms with E-state index in [1.54, 1.807) is 0 Å². The second kappa shape index (κ2) is 3.55. The van der Waals surface area contributed by atoms with Crippen LogP contribution in [0.1, 0.15) is 5.56 Å². The van der Waals surface area contributed by atoms with Crippen LogP contribution < -0.4 is 5.73 Å². The van der Waals surface area contributed by atoms with Crippen LogP contribution in [0.5, 0.6) is 0 Å². The van der Waals surface area contributed by atoms with Gasteiger partial charge in [-0.05, 0) is 12.1 Å². The summed E-state index contributed by atoms with van der Waals surface area (Å²) in [6, 6.07) is 6.10. The lowest BCUT2D eigenvalue weighted by Crippen LogP contribution is -2.05. The highest BCUT2D eigenvalue weighted by molar-refractivity contribution is 5.65. The van der Waals surface area contributed by atoms with Crippen LogP contribution in [-0.4, -0.2) is 10.2 Å². The van der Waals surface area contributed by atoms with Gasteiger partial charge in [0.1, 0.15) is 5.56 Å². The van der Waals surface area contributed by atoms with Crippen LogP contribution in [0.3, 0.4) is 0 Å². The van der Waals surface area contributed by atoms with Crippen molar-refractivity contribution in [1.82, 2.24) is 10.2 Å². The first kappa shape index (κ1) is 10.5. The highest BCUT2D eigenvalue weighted by atomic mass is 19.4. The Kier molecular flexibility index (Phi) is 2.34. The maximum absolute atomic E-state index is 12.6. The molecule has 0 saturated heterocycles. The largest absolute Gasteiger partial charge is 0.420 e. The van der Waals surface area contributed by atoms with E-state index in [1.807, 2.05) is 0 Å². The number of benzene rings is 1. The lowest BCUT2D eigenvalue weighted by atomic mass is 10.1. The Bertz CT molecular complexity index is 485. The predicted molar refractivity (Wildman–Crippen MR) is 53.4 cm³/mol. The Morgan fingerprint density at radius 1 is 1.12 bits per heavy atom. The Morgan fingerprint density at radius 2 is 1.75 bits per heavy atom. The van der Waals surface area contributed by atoms with Gasteiger partial charge in [0.25, 0.3) is 0 Å². The van der Waals surface area contributed by atoms with E-state index in [-0.39, 0.29) is 5.69 Å². The van der Waals surface area contributed by atoms with Crippen molar-refractivity contribution in [3.05, 3.63) is 36.0 Å². The fourth-order valence-corrected chi connectivity index (χ4v) is 1.37. The van der Waals surface area contributed by atoms with E-state index in [1.165, 1.54) is 24.3 Å². The van der Waals surface area contributed by atoms with Crippen LogP contribution in [-0.2, 0) is 6.18 Å². The molecular weight excluding hydrogens is 219 g/mol. The van der Waals surface area contributed by atoms with Crippen molar-refractivity contribution in [1.29, 1.82) is 0 Å². The van der Waals surface area contributed by atoms with Gasteiger partial charge in [-0.15, -0.1) is 0 Å². The predicted octanol–water partition coefficient (Wildman–Crippen LogP) is 2.68. The summed E-state index contributed by atoms with van der Waals surface area (Å²) in [4.78, 5) is 0.